The molecule has 0 fully saturated rings. The van der Waals surface area contributed by atoms with Crippen LogP contribution in [0.4, 0.5) is 13.2 Å². The molecule has 0 rings (SSSR count). The third-order valence-electron chi connectivity index (χ3n) is 3.13. The maximum atomic E-state index is 11.9. The third-order valence-corrected chi connectivity index (χ3v) is 3.13. The van der Waals surface area contributed by atoms with Gasteiger partial charge in [-0.25, -0.2) is 13.2 Å². The zero-order chi connectivity index (χ0) is 19.3. The van der Waals surface area contributed by atoms with Gasteiger partial charge in [0.15, 0.2) is 0 Å². The molecule has 0 N–H and O–H groups in total. The van der Waals surface area contributed by atoms with Gasteiger partial charge in [-0.15, -0.1) is 0 Å². The zero-order valence-corrected chi connectivity index (χ0v) is 15.7. The van der Waals surface area contributed by atoms with E-state index in [1.807, 2.05) is 6.92 Å². The van der Waals surface area contributed by atoms with Crippen molar-refractivity contribution in [1.29, 1.82) is 0 Å². The molecule has 158 valence electrons. The van der Waals surface area contributed by atoms with E-state index < -0.39 is 25.4 Å². The molecule has 0 unspecified atom stereocenters. The monoisotopic (exact) mass is 390 g/mol. The Hall–Kier alpha value is -0.450. The Morgan fingerprint density at radius 2 is 0.731 bits per heavy atom. The summed E-state index contributed by atoms with van der Waals surface area (Å²) in [6.45, 7) is 3.63. The number of hydrogen-bond acceptors (Lipinski definition) is 6. The number of alkyl halides is 3. The molecule has 9 heteroatoms. The fourth-order valence-electron chi connectivity index (χ4n) is 1.90. The second-order valence-electron chi connectivity index (χ2n) is 5.87. The van der Waals surface area contributed by atoms with Gasteiger partial charge in [0.1, 0.15) is 20.0 Å². The molecule has 0 aliphatic rings. The quantitative estimate of drug-likeness (QED) is 0.280. The van der Waals surface area contributed by atoms with Crippen molar-refractivity contribution >= 4 is 0 Å². The first-order chi connectivity index (χ1) is 12.7. The fraction of sp³-hybridized carbons (Fsp3) is 1.00. The smallest absolute Gasteiger partial charge is 0.113 e. The molecule has 0 atom stereocenters. The van der Waals surface area contributed by atoms with E-state index in [0.717, 1.165) is 0 Å². The van der Waals surface area contributed by atoms with Crippen molar-refractivity contribution < 1.29 is 41.6 Å². The first-order valence-electron chi connectivity index (χ1n) is 8.83. The average Bonchev–Trinajstić information content (AvgIpc) is 2.64. The molecule has 0 aromatic heterocycles. The minimum absolute atomic E-state index is 0.0601. The van der Waals surface area contributed by atoms with Gasteiger partial charge in [-0.1, -0.05) is 6.92 Å². The molecule has 0 aliphatic heterocycles. The highest BCUT2D eigenvalue weighted by Gasteiger charge is 2.26. The number of hydrogen-bond donors (Lipinski definition) is 0. The number of halogens is 3. The highest BCUT2D eigenvalue weighted by atomic mass is 19.1. The van der Waals surface area contributed by atoms with Gasteiger partial charge in [-0.05, 0) is 0 Å². The van der Waals surface area contributed by atoms with Crippen molar-refractivity contribution in [3.8, 4) is 0 Å². The summed E-state index contributed by atoms with van der Waals surface area (Å²) < 4.78 is 67.5. The summed E-state index contributed by atoms with van der Waals surface area (Å²) in [5, 5.41) is 0. The van der Waals surface area contributed by atoms with Crippen LogP contribution in [-0.4, -0.2) is 99.3 Å². The fourth-order valence-corrected chi connectivity index (χ4v) is 1.90. The van der Waals surface area contributed by atoms with Crippen molar-refractivity contribution in [2.75, 3.05) is 99.3 Å². The largest absolute Gasteiger partial charge is 0.378 e. The zero-order valence-electron chi connectivity index (χ0n) is 15.7. The van der Waals surface area contributed by atoms with E-state index >= 15 is 0 Å². The van der Waals surface area contributed by atoms with Crippen molar-refractivity contribution in [1.82, 2.24) is 0 Å². The van der Waals surface area contributed by atoms with Crippen LogP contribution in [0.1, 0.15) is 6.92 Å². The molecule has 0 radical (unpaired) electrons. The lowest BCUT2D eigenvalue weighted by molar-refractivity contribution is -0.0800. The third kappa shape index (κ3) is 17.0. The highest BCUT2D eigenvalue weighted by Crippen LogP contribution is 2.18. The van der Waals surface area contributed by atoms with E-state index in [1.54, 1.807) is 0 Å². The molecule has 0 aliphatic carbocycles. The van der Waals surface area contributed by atoms with Crippen LogP contribution in [-0.2, 0) is 28.4 Å². The minimum atomic E-state index is -0.519. The Morgan fingerprint density at radius 3 is 1.00 bits per heavy atom. The summed E-state index contributed by atoms with van der Waals surface area (Å²) in [5.74, 6) is 0. The van der Waals surface area contributed by atoms with Crippen LogP contribution < -0.4 is 0 Å². The summed E-state index contributed by atoms with van der Waals surface area (Å²) in [4.78, 5) is 0. The number of rotatable bonds is 21. The summed E-state index contributed by atoms with van der Waals surface area (Å²) >= 11 is 0. The minimum Gasteiger partial charge on any atom is -0.378 e. The predicted molar refractivity (Wildman–Crippen MR) is 90.9 cm³/mol. The Bertz CT molecular complexity index is 246. The molecule has 0 saturated carbocycles. The van der Waals surface area contributed by atoms with Crippen molar-refractivity contribution in [2.24, 2.45) is 5.41 Å². The van der Waals surface area contributed by atoms with Gasteiger partial charge in [-0.2, -0.15) is 0 Å². The van der Waals surface area contributed by atoms with Crippen molar-refractivity contribution in [2.45, 2.75) is 6.92 Å². The Morgan fingerprint density at radius 1 is 0.462 bits per heavy atom. The lowest BCUT2D eigenvalue weighted by Crippen LogP contribution is -2.35. The second kappa shape index (κ2) is 19.3. The Balaban J connectivity index is 4.02. The Kier molecular flexibility index (Phi) is 19.0. The van der Waals surface area contributed by atoms with Crippen LogP contribution in [0.25, 0.3) is 0 Å². The molecule has 0 spiro atoms. The van der Waals surface area contributed by atoms with E-state index in [0.29, 0.717) is 59.5 Å². The van der Waals surface area contributed by atoms with Crippen molar-refractivity contribution in [3.05, 3.63) is 0 Å². The van der Waals surface area contributed by atoms with Crippen molar-refractivity contribution in [3.63, 3.8) is 0 Å². The van der Waals surface area contributed by atoms with E-state index in [2.05, 4.69) is 0 Å². The summed E-state index contributed by atoms with van der Waals surface area (Å²) in [7, 11) is 0. The molecule has 0 bridgehead atoms. The van der Waals surface area contributed by atoms with Crippen LogP contribution in [0.5, 0.6) is 0 Å². The Labute approximate surface area is 154 Å². The molecular formula is C17H33F3O6. The lowest BCUT2D eigenvalue weighted by Gasteiger charge is -2.29. The standard InChI is InChI=1S/C17H33F3O6/c1-17(14-24-11-8-21-5-2-18,15-25-12-9-22-6-3-19)16-26-13-10-23-7-4-20/h2-16H2,1H3. The van der Waals surface area contributed by atoms with Crippen LogP contribution in [0.2, 0.25) is 0 Å². The summed E-state index contributed by atoms with van der Waals surface area (Å²) in [6, 6.07) is 0. The van der Waals surface area contributed by atoms with Gasteiger partial charge in [0.2, 0.25) is 0 Å². The SMILES string of the molecule is CC(COCCOCCF)(COCCOCCF)COCCOCCF. The lowest BCUT2D eigenvalue weighted by atomic mass is 9.94. The molecular weight excluding hydrogens is 357 g/mol. The molecule has 0 amide bonds. The first kappa shape index (κ1) is 25.6. The van der Waals surface area contributed by atoms with Gasteiger partial charge in [0.05, 0.1) is 79.3 Å². The average molecular weight is 390 g/mol. The maximum Gasteiger partial charge on any atom is 0.113 e. The van der Waals surface area contributed by atoms with Gasteiger partial charge in [0, 0.05) is 5.41 Å². The highest BCUT2D eigenvalue weighted by molar-refractivity contribution is 4.73. The van der Waals surface area contributed by atoms with Crippen LogP contribution >= 0.6 is 0 Å². The molecule has 0 aromatic rings. The first-order valence-corrected chi connectivity index (χ1v) is 8.83. The molecule has 6 nitrogen and oxygen atoms in total. The normalized spacial score (nSPS) is 12.0. The number of ether oxygens (including phenoxy) is 6. The van der Waals surface area contributed by atoms with Gasteiger partial charge < -0.3 is 28.4 Å². The maximum absolute atomic E-state index is 11.9. The van der Waals surface area contributed by atoms with Gasteiger partial charge in [-0.3, -0.25) is 0 Å². The second-order valence-corrected chi connectivity index (χ2v) is 5.87. The van der Waals surface area contributed by atoms with Gasteiger partial charge >= 0.3 is 0 Å². The molecule has 26 heavy (non-hydrogen) atoms. The van der Waals surface area contributed by atoms with E-state index in [-0.39, 0.29) is 19.8 Å². The van der Waals surface area contributed by atoms with Crippen LogP contribution in [0.15, 0.2) is 0 Å². The topological polar surface area (TPSA) is 55.4 Å². The molecule has 0 saturated heterocycles. The molecule has 0 heterocycles. The summed E-state index contributed by atoms with van der Waals surface area (Å²) in [6.07, 6.45) is 0. The van der Waals surface area contributed by atoms with Crippen LogP contribution in [0.3, 0.4) is 0 Å². The summed E-state index contributed by atoms with van der Waals surface area (Å²) in [5.41, 5.74) is -0.416. The van der Waals surface area contributed by atoms with Gasteiger partial charge in [0.25, 0.3) is 0 Å². The molecule has 0 aromatic carbocycles. The van der Waals surface area contributed by atoms with E-state index in [4.69, 9.17) is 28.4 Å². The van der Waals surface area contributed by atoms with E-state index in [9.17, 15) is 13.2 Å². The van der Waals surface area contributed by atoms with Crippen LogP contribution in [0, 0.1) is 5.41 Å². The predicted octanol–water partition coefficient (Wildman–Crippen LogP) is 2.00. The van der Waals surface area contributed by atoms with E-state index in [1.165, 1.54) is 0 Å².